The molecule has 106 valence electrons. The van der Waals surface area contributed by atoms with Gasteiger partial charge in [-0.2, -0.15) is 0 Å². The second-order valence-corrected chi connectivity index (χ2v) is 5.63. The molecule has 1 aromatic heterocycles. The molecule has 2 aromatic rings. The summed E-state index contributed by atoms with van der Waals surface area (Å²) in [6, 6.07) is 3.95. The van der Waals surface area contributed by atoms with E-state index in [0.717, 1.165) is 29.6 Å². The second-order valence-electron chi connectivity index (χ2n) is 5.63. The average molecular weight is 272 g/mol. The predicted octanol–water partition coefficient (Wildman–Crippen LogP) is 2.18. The number of carboxylic acid groups (broad SMARTS) is 1. The number of aliphatic carboxylic acids is 1. The van der Waals surface area contributed by atoms with E-state index >= 15 is 0 Å². The van der Waals surface area contributed by atoms with Crippen LogP contribution in [-0.4, -0.2) is 29.1 Å². The molecule has 3 rings (SSSR count). The minimum atomic E-state index is -0.803. The summed E-state index contributed by atoms with van der Waals surface area (Å²) in [5.74, 6) is -0.803. The zero-order valence-corrected chi connectivity index (χ0v) is 11.9. The van der Waals surface area contributed by atoms with Crippen LogP contribution in [0.2, 0.25) is 0 Å². The SMILES string of the molecule is CNC(Cc1c(C)[nH]c2cc3c(cc12)CCC3)C(=O)O. The van der Waals surface area contributed by atoms with E-state index in [-0.39, 0.29) is 0 Å². The number of aromatic amines is 1. The zero-order valence-electron chi connectivity index (χ0n) is 11.9. The number of hydrogen-bond acceptors (Lipinski definition) is 2. The molecule has 20 heavy (non-hydrogen) atoms. The summed E-state index contributed by atoms with van der Waals surface area (Å²) in [5.41, 5.74) is 6.20. The predicted molar refractivity (Wildman–Crippen MR) is 79.2 cm³/mol. The number of carbonyl (C=O) groups is 1. The molecular formula is C16H20N2O2. The number of nitrogens with one attached hydrogen (secondary N) is 2. The number of hydrogen-bond donors (Lipinski definition) is 3. The van der Waals surface area contributed by atoms with Crippen molar-refractivity contribution < 1.29 is 9.90 Å². The number of aryl methyl sites for hydroxylation is 3. The lowest BCUT2D eigenvalue weighted by atomic mass is 10.00. The fraction of sp³-hybridized carbons (Fsp3) is 0.438. The molecule has 0 spiro atoms. The van der Waals surface area contributed by atoms with Crippen LogP contribution in [0.4, 0.5) is 0 Å². The quantitative estimate of drug-likeness (QED) is 0.799. The molecule has 0 aliphatic heterocycles. The largest absolute Gasteiger partial charge is 0.480 e. The Kier molecular flexibility index (Phi) is 3.26. The van der Waals surface area contributed by atoms with Crippen molar-refractivity contribution >= 4 is 16.9 Å². The monoisotopic (exact) mass is 272 g/mol. The number of H-pyrrole nitrogens is 1. The third-order valence-electron chi connectivity index (χ3n) is 4.39. The Bertz CT molecular complexity index is 673. The Labute approximate surface area is 118 Å². The van der Waals surface area contributed by atoms with Gasteiger partial charge in [0.05, 0.1) is 0 Å². The van der Waals surface area contributed by atoms with Gasteiger partial charge in [0.2, 0.25) is 0 Å². The van der Waals surface area contributed by atoms with E-state index in [1.807, 2.05) is 6.92 Å². The summed E-state index contributed by atoms with van der Waals surface area (Å²) < 4.78 is 0. The fourth-order valence-corrected chi connectivity index (χ4v) is 3.24. The highest BCUT2D eigenvalue weighted by Gasteiger charge is 2.21. The minimum absolute atomic E-state index is 0.510. The summed E-state index contributed by atoms with van der Waals surface area (Å²) in [7, 11) is 1.70. The first kappa shape index (κ1) is 13.2. The molecule has 4 heteroatoms. The number of benzene rings is 1. The molecule has 1 aliphatic carbocycles. The molecule has 1 aromatic carbocycles. The molecule has 1 aliphatic rings. The highest BCUT2D eigenvalue weighted by molar-refractivity contribution is 5.87. The first-order valence-corrected chi connectivity index (χ1v) is 7.13. The molecule has 0 saturated heterocycles. The molecule has 1 unspecified atom stereocenters. The van der Waals surface area contributed by atoms with Crippen LogP contribution in [0, 0.1) is 6.92 Å². The Morgan fingerprint density at radius 1 is 1.40 bits per heavy atom. The number of fused-ring (bicyclic) bond motifs is 2. The zero-order chi connectivity index (χ0) is 14.3. The normalized spacial score (nSPS) is 15.5. The van der Waals surface area contributed by atoms with Crippen molar-refractivity contribution in [3.8, 4) is 0 Å². The fourth-order valence-electron chi connectivity index (χ4n) is 3.24. The first-order chi connectivity index (χ1) is 9.60. The summed E-state index contributed by atoms with van der Waals surface area (Å²) in [5, 5.41) is 13.3. The Morgan fingerprint density at radius 3 is 2.75 bits per heavy atom. The number of rotatable bonds is 4. The number of likely N-dealkylation sites (N-methyl/N-ethyl adjacent to an activating group) is 1. The molecule has 4 nitrogen and oxygen atoms in total. The first-order valence-electron chi connectivity index (χ1n) is 7.13. The maximum Gasteiger partial charge on any atom is 0.321 e. The van der Waals surface area contributed by atoms with Crippen LogP contribution in [0.3, 0.4) is 0 Å². The summed E-state index contributed by atoms with van der Waals surface area (Å²) in [6.07, 6.45) is 4.04. The van der Waals surface area contributed by atoms with E-state index in [9.17, 15) is 9.90 Å². The van der Waals surface area contributed by atoms with E-state index in [1.54, 1.807) is 7.05 Å². The van der Waals surface area contributed by atoms with E-state index < -0.39 is 12.0 Å². The molecule has 3 N–H and O–H groups in total. The third kappa shape index (κ3) is 2.10. The van der Waals surface area contributed by atoms with E-state index in [0.29, 0.717) is 6.42 Å². The Hall–Kier alpha value is -1.81. The summed E-state index contributed by atoms with van der Waals surface area (Å²) >= 11 is 0. The molecular weight excluding hydrogens is 252 g/mol. The molecule has 0 saturated carbocycles. The van der Waals surface area contributed by atoms with Crippen LogP contribution in [-0.2, 0) is 24.1 Å². The lowest BCUT2D eigenvalue weighted by molar-refractivity contribution is -0.139. The summed E-state index contributed by atoms with van der Waals surface area (Å²) in [6.45, 7) is 2.02. The standard InChI is InChI=1S/C16H20N2O2/c1-9-12(8-15(17-2)16(19)20)13-6-10-4-3-5-11(10)7-14(13)18-9/h6-7,15,17-18H,3-5,8H2,1-2H3,(H,19,20). The van der Waals surface area contributed by atoms with Gasteiger partial charge >= 0.3 is 5.97 Å². The van der Waals surface area contributed by atoms with Gasteiger partial charge in [-0.15, -0.1) is 0 Å². The van der Waals surface area contributed by atoms with Gasteiger partial charge in [0.25, 0.3) is 0 Å². The maximum absolute atomic E-state index is 11.2. The van der Waals surface area contributed by atoms with Crippen LogP contribution in [0.15, 0.2) is 12.1 Å². The van der Waals surface area contributed by atoms with Crippen LogP contribution < -0.4 is 5.32 Å². The van der Waals surface area contributed by atoms with Crippen LogP contribution >= 0.6 is 0 Å². The topological polar surface area (TPSA) is 65.1 Å². The van der Waals surface area contributed by atoms with Gasteiger partial charge in [-0.05, 0) is 62.1 Å². The van der Waals surface area contributed by atoms with E-state index in [4.69, 9.17) is 0 Å². The van der Waals surface area contributed by atoms with E-state index in [2.05, 4.69) is 22.4 Å². The van der Waals surface area contributed by atoms with Gasteiger partial charge in [-0.3, -0.25) is 4.79 Å². The molecule has 0 fully saturated rings. The lowest BCUT2D eigenvalue weighted by Gasteiger charge is -2.11. The van der Waals surface area contributed by atoms with Crippen molar-refractivity contribution in [2.75, 3.05) is 7.05 Å². The van der Waals surface area contributed by atoms with Gasteiger partial charge in [0, 0.05) is 23.0 Å². The molecule has 1 heterocycles. The Morgan fingerprint density at radius 2 is 2.10 bits per heavy atom. The lowest BCUT2D eigenvalue weighted by Crippen LogP contribution is -2.35. The van der Waals surface area contributed by atoms with Crippen molar-refractivity contribution in [2.24, 2.45) is 0 Å². The van der Waals surface area contributed by atoms with Crippen molar-refractivity contribution in [1.29, 1.82) is 0 Å². The number of aromatic nitrogens is 1. The Balaban J connectivity index is 2.06. The third-order valence-corrected chi connectivity index (χ3v) is 4.39. The van der Waals surface area contributed by atoms with Gasteiger partial charge in [-0.1, -0.05) is 0 Å². The van der Waals surface area contributed by atoms with Crippen molar-refractivity contribution in [3.63, 3.8) is 0 Å². The molecule has 0 radical (unpaired) electrons. The van der Waals surface area contributed by atoms with Crippen molar-refractivity contribution in [3.05, 3.63) is 34.5 Å². The van der Waals surface area contributed by atoms with Crippen LogP contribution in [0.5, 0.6) is 0 Å². The van der Waals surface area contributed by atoms with E-state index in [1.165, 1.54) is 22.9 Å². The summed E-state index contributed by atoms with van der Waals surface area (Å²) in [4.78, 5) is 14.6. The molecule has 1 atom stereocenters. The minimum Gasteiger partial charge on any atom is -0.480 e. The van der Waals surface area contributed by atoms with Gasteiger partial charge < -0.3 is 15.4 Å². The van der Waals surface area contributed by atoms with Crippen LogP contribution in [0.1, 0.15) is 28.8 Å². The van der Waals surface area contributed by atoms with Crippen molar-refractivity contribution in [1.82, 2.24) is 10.3 Å². The van der Waals surface area contributed by atoms with Crippen LogP contribution in [0.25, 0.3) is 10.9 Å². The number of carboxylic acids is 1. The van der Waals surface area contributed by atoms with Gasteiger partial charge in [0.15, 0.2) is 0 Å². The maximum atomic E-state index is 11.2. The molecule has 0 bridgehead atoms. The highest BCUT2D eigenvalue weighted by Crippen LogP contribution is 2.31. The molecule has 0 amide bonds. The van der Waals surface area contributed by atoms with Gasteiger partial charge in [-0.25, -0.2) is 0 Å². The second kappa shape index (κ2) is 4.94. The highest BCUT2D eigenvalue weighted by atomic mass is 16.4. The van der Waals surface area contributed by atoms with Gasteiger partial charge in [0.1, 0.15) is 6.04 Å². The smallest absolute Gasteiger partial charge is 0.321 e. The average Bonchev–Trinajstić information content (AvgIpc) is 2.96. The van der Waals surface area contributed by atoms with Crippen molar-refractivity contribution in [2.45, 2.75) is 38.6 Å².